The second kappa shape index (κ2) is 7.62. The van der Waals surface area contributed by atoms with Gasteiger partial charge >= 0.3 is 0 Å². The van der Waals surface area contributed by atoms with Crippen molar-refractivity contribution in [3.8, 4) is 5.69 Å². The summed E-state index contributed by atoms with van der Waals surface area (Å²) in [6.45, 7) is 1.76. The summed E-state index contributed by atoms with van der Waals surface area (Å²) in [5.74, 6) is -0.666. The van der Waals surface area contributed by atoms with Gasteiger partial charge in [-0.3, -0.25) is 9.59 Å². The van der Waals surface area contributed by atoms with Crippen LogP contribution in [0.3, 0.4) is 0 Å². The Morgan fingerprint density at radius 2 is 2.04 bits per heavy atom. The zero-order valence-corrected chi connectivity index (χ0v) is 14.2. The van der Waals surface area contributed by atoms with Gasteiger partial charge in [0.25, 0.3) is 5.91 Å². The molecule has 0 aliphatic carbocycles. The summed E-state index contributed by atoms with van der Waals surface area (Å²) in [6, 6.07) is 7.11. The zero-order chi connectivity index (χ0) is 17.6. The molecule has 2 N–H and O–H groups in total. The minimum absolute atomic E-state index is 0.134. The molecule has 0 bridgehead atoms. The van der Waals surface area contributed by atoms with Crippen LogP contribution in [0, 0.1) is 0 Å². The van der Waals surface area contributed by atoms with Crippen molar-refractivity contribution in [3.05, 3.63) is 47.5 Å². The quantitative estimate of drug-likeness (QED) is 0.681. The Morgan fingerprint density at radius 3 is 2.72 bits per heavy atom. The molecule has 0 atom stereocenters. The molecule has 0 saturated heterocycles. The third kappa shape index (κ3) is 4.04. The van der Waals surface area contributed by atoms with Crippen LogP contribution in [0.5, 0.6) is 0 Å². The van der Waals surface area contributed by atoms with E-state index in [1.165, 1.54) is 6.33 Å². The molecule has 0 unspecified atom stereocenters. The SMILES string of the molecule is CCc1nnsc1C(=O)NCC(=O)Nc1ccc(-n2cncn2)cc1. The molecular formula is C15H15N7O2S. The van der Waals surface area contributed by atoms with E-state index in [1.54, 1.807) is 35.3 Å². The highest BCUT2D eigenvalue weighted by molar-refractivity contribution is 7.08. The summed E-state index contributed by atoms with van der Waals surface area (Å²) in [7, 11) is 0. The summed E-state index contributed by atoms with van der Waals surface area (Å²) < 4.78 is 5.37. The highest BCUT2D eigenvalue weighted by Gasteiger charge is 2.15. The van der Waals surface area contributed by atoms with E-state index in [-0.39, 0.29) is 18.4 Å². The fourth-order valence-electron chi connectivity index (χ4n) is 2.10. The molecule has 0 saturated carbocycles. The molecular weight excluding hydrogens is 342 g/mol. The Balaban J connectivity index is 1.53. The van der Waals surface area contributed by atoms with E-state index >= 15 is 0 Å². The zero-order valence-electron chi connectivity index (χ0n) is 13.3. The summed E-state index contributed by atoms with van der Waals surface area (Å²) in [4.78, 5) is 28.3. The molecule has 1 aromatic carbocycles. The topological polar surface area (TPSA) is 115 Å². The minimum Gasteiger partial charge on any atom is -0.342 e. The van der Waals surface area contributed by atoms with Crippen molar-refractivity contribution in [3.63, 3.8) is 0 Å². The number of nitrogens with zero attached hydrogens (tertiary/aromatic N) is 5. The van der Waals surface area contributed by atoms with Crippen LogP contribution in [0.25, 0.3) is 5.69 Å². The number of aromatic nitrogens is 5. The average molecular weight is 357 g/mol. The normalized spacial score (nSPS) is 10.4. The van der Waals surface area contributed by atoms with Gasteiger partial charge in [0.1, 0.15) is 17.5 Å². The highest BCUT2D eigenvalue weighted by atomic mass is 32.1. The number of benzene rings is 1. The van der Waals surface area contributed by atoms with Crippen LogP contribution in [0.4, 0.5) is 5.69 Å². The van der Waals surface area contributed by atoms with Crippen LogP contribution < -0.4 is 10.6 Å². The molecule has 0 aliphatic rings. The first-order valence-corrected chi connectivity index (χ1v) is 8.29. The van der Waals surface area contributed by atoms with E-state index in [2.05, 4.69) is 30.3 Å². The molecule has 9 nitrogen and oxygen atoms in total. The number of anilines is 1. The van der Waals surface area contributed by atoms with Gasteiger partial charge in [0.05, 0.1) is 17.9 Å². The van der Waals surface area contributed by atoms with Gasteiger partial charge in [-0.05, 0) is 42.2 Å². The summed E-state index contributed by atoms with van der Waals surface area (Å²) in [5, 5.41) is 13.2. The van der Waals surface area contributed by atoms with Gasteiger partial charge in [0.2, 0.25) is 5.91 Å². The lowest BCUT2D eigenvalue weighted by Crippen LogP contribution is -2.32. The predicted molar refractivity (Wildman–Crippen MR) is 91.6 cm³/mol. The van der Waals surface area contributed by atoms with Crippen molar-refractivity contribution >= 4 is 29.0 Å². The van der Waals surface area contributed by atoms with Gasteiger partial charge in [0, 0.05) is 5.69 Å². The number of amides is 2. The molecule has 3 rings (SSSR count). The first-order chi connectivity index (χ1) is 12.2. The maximum Gasteiger partial charge on any atom is 0.265 e. The summed E-state index contributed by atoms with van der Waals surface area (Å²) >= 11 is 1.02. The fourth-order valence-corrected chi connectivity index (χ4v) is 2.76. The minimum atomic E-state index is -0.344. The third-order valence-corrected chi connectivity index (χ3v) is 4.11. The van der Waals surface area contributed by atoms with E-state index < -0.39 is 0 Å². The maximum atomic E-state index is 12.0. The molecule has 128 valence electrons. The Morgan fingerprint density at radius 1 is 1.24 bits per heavy atom. The van der Waals surface area contributed by atoms with Crippen LogP contribution in [-0.2, 0) is 11.2 Å². The lowest BCUT2D eigenvalue weighted by atomic mass is 10.2. The lowest BCUT2D eigenvalue weighted by molar-refractivity contribution is -0.115. The second-order valence-corrected chi connectivity index (χ2v) is 5.77. The van der Waals surface area contributed by atoms with Crippen molar-refractivity contribution < 1.29 is 9.59 Å². The lowest BCUT2D eigenvalue weighted by Gasteiger charge is -2.07. The van der Waals surface area contributed by atoms with Crippen molar-refractivity contribution in [1.29, 1.82) is 0 Å². The Hall–Kier alpha value is -3.14. The van der Waals surface area contributed by atoms with Gasteiger partial charge in [-0.15, -0.1) is 5.10 Å². The molecule has 2 amide bonds. The standard InChI is InChI=1S/C15H15N7O2S/c1-2-12-14(25-21-20-12)15(24)17-7-13(23)19-10-3-5-11(6-4-10)22-9-16-8-18-22/h3-6,8-9H,2,7H2,1H3,(H,17,24)(H,19,23). The van der Waals surface area contributed by atoms with Crippen molar-refractivity contribution in [1.82, 2.24) is 29.7 Å². The molecule has 0 spiro atoms. The number of nitrogens with one attached hydrogen (secondary N) is 2. The monoisotopic (exact) mass is 357 g/mol. The molecule has 0 radical (unpaired) electrons. The van der Waals surface area contributed by atoms with Crippen molar-refractivity contribution in [2.75, 3.05) is 11.9 Å². The number of aryl methyl sites for hydroxylation is 1. The van der Waals surface area contributed by atoms with Gasteiger partial charge in [0.15, 0.2) is 0 Å². The summed E-state index contributed by atoms with van der Waals surface area (Å²) in [5.41, 5.74) is 2.08. The van der Waals surface area contributed by atoms with Gasteiger partial charge in [-0.1, -0.05) is 11.4 Å². The van der Waals surface area contributed by atoms with Gasteiger partial charge in [-0.2, -0.15) is 5.10 Å². The Kier molecular flexibility index (Phi) is 5.09. The first kappa shape index (κ1) is 16.7. The van der Waals surface area contributed by atoms with Crippen LogP contribution in [-0.4, -0.2) is 42.7 Å². The smallest absolute Gasteiger partial charge is 0.265 e. The van der Waals surface area contributed by atoms with Crippen LogP contribution in [0.2, 0.25) is 0 Å². The number of carbonyl (C=O) groups excluding carboxylic acids is 2. The molecule has 2 heterocycles. The van der Waals surface area contributed by atoms with Crippen molar-refractivity contribution in [2.24, 2.45) is 0 Å². The van der Waals surface area contributed by atoms with E-state index in [1.807, 2.05) is 6.92 Å². The maximum absolute atomic E-state index is 12.0. The Labute approximate surface area is 147 Å². The third-order valence-electron chi connectivity index (χ3n) is 3.34. The van der Waals surface area contributed by atoms with Crippen molar-refractivity contribution in [2.45, 2.75) is 13.3 Å². The van der Waals surface area contributed by atoms with E-state index in [0.29, 0.717) is 22.7 Å². The average Bonchev–Trinajstić information content (AvgIpc) is 3.31. The predicted octanol–water partition coefficient (Wildman–Crippen LogP) is 1.05. The van der Waals surface area contributed by atoms with E-state index in [0.717, 1.165) is 17.2 Å². The Bertz CT molecular complexity index is 858. The number of hydrogen-bond donors (Lipinski definition) is 2. The first-order valence-electron chi connectivity index (χ1n) is 7.51. The van der Waals surface area contributed by atoms with Crippen LogP contribution >= 0.6 is 11.5 Å². The molecule has 2 aromatic heterocycles. The van der Waals surface area contributed by atoms with Crippen LogP contribution in [0.15, 0.2) is 36.9 Å². The molecule has 10 heteroatoms. The van der Waals surface area contributed by atoms with Gasteiger partial charge < -0.3 is 10.6 Å². The number of carbonyl (C=O) groups is 2. The van der Waals surface area contributed by atoms with Gasteiger partial charge in [-0.25, -0.2) is 9.67 Å². The number of hydrogen-bond acceptors (Lipinski definition) is 7. The van der Waals surface area contributed by atoms with E-state index in [4.69, 9.17) is 0 Å². The highest BCUT2D eigenvalue weighted by Crippen LogP contribution is 2.12. The largest absolute Gasteiger partial charge is 0.342 e. The molecule has 0 aliphatic heterocycles. The van der Waals surface area contributed by atoms with E-state index in [9.17, 15) is 9.59 Å². The fraction of sp³-hybridized carbons (Fsp3) is 0.200. The van der Waals surface area contributed by atoms with Crippen LogP contribution in [0.1, 0.15) is 22.3 Å². The number of rotatable bonds is 6. The molecule has 3 aromatic rings. The summed E-state index contributed by atoms with van der Waals surface area (Å²) in [6.07, 6.45) is 3.65. The second-order valence-electron chi connectivity index (χ2n) is 5.02. The molecule has 0 fully saturated rings. The molecule has 25 heavy (non-hydrogen) atoms.